The van der Waals surface area contributed by atoms with E-state index in [0.717, 1.165) is 0 Å². The molecule has 0 spiro atoms. The van der Waals surface area contributed by atoms with Crippen molar-refractivity contribution in [3.05, 3.63) is 12.7 Å². The number of hydrogen-bond acceptors (Lipinski definition) is 1. The number of rotatable bonds is 3. The SMILES string of the molecule is C=C[C@@H](C)[C@@H](C)[C@@H](C)O. The van der Waals surface area contributed by atoms with E-state index in [1.165, 1.54) is 0 Å². The Morgan fingerprint density at radius 1 is 1.33 bits per heavy atom. The first-order chi connectivity index (χ1) is 4.09. The Balaban J connectivity index is 3.71. The fraction of sp³-hybridized carbons (Fsp3) is 0.750. The second kappa shape index (κ2) is 3.67. The molecule has 0 amide bonds. The molecule has 0 unspecified atom stereocenters. The molecule has 0 bridgehead atoms. The summed E-state index contributed by atoms with van der Waals surface area (Å²) < 4.78 is 0. The molecule has 0 aromatic carbocycles. The average molecular weight is 128 g/mol. The molecule has 0 rings (SSSR count). The van der Waals surface area contributed by atoms with Crippen LogP contribution in [0.3, 0.4) is 0 Å². The Morgan fingerprint density at radius 2 is 1.78 bits per heavy atom. The van der Waals surface area contributed by atoms with Crippen molar-refractivity contribution in [2.24, 2.45) is 11.8 Å². The standard InChI is InChI=1S/C8H16O/c1-5-6(2)7(3)8(4)9/h5-9H,1H2,2-4H3/t6-,7-,8-/m1/s1. The fourth-order valence-electron chi connectivity index (χ4n) is 0.654. The maximum absolute atomic E-state index is 9.07. The van der Waals surface area contributed by atoms with Gasteiger partial charge in [0, 0.05) is 0 Å². The second-order valence-electron chi connectivity index (χ2n) is 2.69. The molecule has 0 aliphatic carbocycles. The summed E-state index contributed by atoms with van der Waals surface area (Å²) in [6, 6.07) is 0. The lowest BCUT2D eigenvalue weighted by atomic mass is 9.92. The Bertz CT molecular complexity index is 86.6. The van der Waals surface area contributed by atoms with E-state index in [0.29, 0.717) is 11.8 Å². The third-order valence-electron chi connectivity index (χ3n) is 1.96. The molecule has 1 nitrogen and oxygen atoms in total. The lowest BCUT2D eigenvalue weighted by molar-refractivity contribution is 0.116. The van der Waals surface area contributed by atoms with Gasteiger partial charge in [-0.05, 0) is 18.8 Å². The van der Waals surface area contributed by atoms with Gasteiger partial charge >= 0.3 is 0 Å². The highest BCUT2D eigenvalue weighted by Crippen LogP contribution is 2.14. The van der Waals surface area contributed by atoms with Crippen molar-refractivity contribution >= 4 is 0 Å². The summed E-state index contributed by atoms with van der Waals surface area (Å²) in [4.78, 5) is 0. The number of allylic oxidation sites excluding steroid dienone is 1. The van der Waals surface area contributed by atoms with Crippen molar-refractivity contribution < 1.29 is 5.11 Å². The molecule has 0 aromatic rings. The van der Waals surface area contributed by atoms with Crippen LogP contribution >= 0.6 is 0 Å². The Morgan fingerprint density at radius 3 is 1.89 bits per heavy atom. The maximum Gasteiger partial charge on any atom is 0.0543 e. The average Bonchev–Trinajstić information content (AvgIpc) is 1.84. The lowest BCUT2D eigenvalue weighted by Crippen LogP contribution is -2.18. The first kappa shape index (κ1) is 8.70. The molecule has 0 saturated heterocycles. The van der Waals surface area contributed by atoms with E-state index in [-0.39, 0.29) is 6.10 Å². The van der Waals surface area contributed by atoms with Crippen molar-refractivity contribution in [1.82, 2.24) is 0 Å². The van der Waals surface area contributed by atoms with E-state index in [4.69, 9.17) is 5.11 Å². The van der Waals surface area contributed by atoms with Crippen LogP contribution in [-0.4, -0.2) is 11.2 Å². The summed E-state index contributed by atoms with van der Waals surface area (Å²) in [5.74, 6) is 0.729. The topological polar surface area (TPSA) is 20.2 Å². The van der Waals surface area contributed by atoms with Gasteiger partial charge in [-0.1, -0.05) is 19.9 Å². The van der Waals surface area contributed by atoms with Gasteiger partial charge in [0.05, 0.1) is 6.10 Å². The van der Waals surface area contributed by atoms with E-state index in [9.17, 15) is 0 Å². The molecule has 54 valence electrons. The minimum absolute atomic E-state index is 0.224. The minimum Gasteiger partial charge on any atom is -0.393 e. The van der Waals surface area contributed by atoms with Crippen LogP contribution in [0, 0.1) is 11.8 Å². The van der Waals surface area contributed by atoms with E-state index in [2.05, 4.69) is 13.5 Å². The Kier molecular flexibility index (Phi) is 3.55. The molecule has 1 N–H and O–H groups in total. The molecule has 1 heteroatoms. The van der Waals surface area contributed by atoms with Crippen molar-refractivity contribution in [2.45, 2.75) is 26.9 Å². The van der Waals surface area contributed by atoms with Crippen molar-refractivity contribution in [2.75, 3.05) is 0 Å². The predicted molar refractivity (Wildman–Crippen MR) is 40.2 cm³/mol. The fourth-order valence-corrected chi connectivity index (χ4v) is 0.654. The van der Waals surface area contributed by atoms with Crippen LogP contribution in [0.25, 0.3) is 0 Å². The predicted octanol–water partition coefficient (Wildman–Crippen LogP) is 1.83. The summed E-state index contributed by atoms with van der Waals surface area (Å²) in [6.07, 6.45) is 1.65. The van der Waals surface area contributed by atoms with Gasteiger partial charge in [-0.3, -0.25) is 0 Å². The molecule has 0 radical (unpaired) electrons. The highest BCUT2D eigenvalue weighted by atomic mass is 16.3. The van der Waals surface area contributed by atoms with Crippen LogP contribution < -0.4 is 0 Å². The summed E-state index contributed by atoms with van der Waals surface area (Å²) in [7, 11) is 0. The van der Waals surface area contributed by atoms with Crippen molar-refractivity contribution in [1.29, 1.82) is 0 Å². The van der Waals surface area contributed by atoms with Gasteiger partial charge in [-0.2, -0.15) is 0 Å². The van der Waals surface area contributed by atoms with Gasteiger partial charge in [-0.25, -0.2) is 0 Å². The molecular weight excluding hydrogens is 112 g/mol. The monoisotopic (exact) mass is 128 g/mol. The van der Waals surface area contributed by atoms with Crippen LogP contribution in [0.4, 0.5) is 0 Å². The first-order valence-corrected chi connectivity index (χ1v) is 3.40. The van der Waals surface area contributed by atoms with Crippen LogP contribution in [0.15, 0.2) is 12.7 Å². The molecular formula is C8H16O. The molecule has 0 aromatic heterocycles. The third-order valence-corrected chi connectivity index (χ3v) is 1.96. The molecule has 0 fully saturated rings. The maximum atomic E-state index is 9.07. The molecule has 3 atom stereocenters. The smallest absolute Gasteiger partial charge is 0.0543 e. The zero-order valence-electron chi connectivity index (χ0n) is 6.46. The Labute approximate surface area is 57.4 Å². The van der Waals surface area contributed by atoms with E-state index >= 15 is 0 Å². The van der Waals surface area contributed by atoms with E-state index in [1.807, 2.05) is 19.9 Å². The zero-order valence-corrected chi connectivity index (χ0v) is 6.46. The lowest BCUT2D eigenvalue weighted by Gasteiger charge is -2.18. The molecule has 0 saturated carbocycles. The van der Waals surface area contributed by atoms with E-state index < -0.39 is 0 Å². The van der Waals surface area contributed by atoms with Gasteiger partial charge in [0.25, 0.3) is 0 Å². The third kappa shape index (κ3) is 2.66. The number of aliphatic hydroxyl groups excluding tert-OH is 1. The largest absolute Gasteiger partial charge is 0.393 e. The van der Waals surface area contributed by atoms with Crippen LogP contribution in [0.1, 0.15) is 20.8 Å². The molecule has 0 aliphatic heterocycles. The summed E-state index contributed by atoms with van der Waals surface area (Å²) in [5, 5.41) is 9.07. The summed E-state index contributed by atoms with van der Waals surface area (Å²) in [6.45, 7) is 9.55. The van der Waals surface area contributed by atoms with Gasteiger partial charge in [0.1, 0.15) is 0 Å². The minimum atomic E-state index is -0.224. The second-order valence-corrected chi connectivity index (χ2v) is 2.69. The van der Waals surface area contributed by atoms with Crippen LogP contribution in [-0.2, 0) is 0 Å². The van der Waals surface area contributed by atoms with Crippen molar-refractivity contribution in [3.63, 3.8) is 0 Å². The quantitative estimate of drug-likeness (QED) is 0.575. The van der Waals surface area contributed by atoms with Crippen LogP contribution in [0.2, 0.25) is 0 Å². The first-order valence-electron chi connectivity index (χ1n) is 3.40. The molecule has 0 aliphatic rings. The summed E-state index contributed by atoms with van der Waals surface area (Å²) >= 11 is 0. The van der Waals surface area contributed by atoms with Gasteiger partial charge < -0.3 is 5.11 Å². The molecule has 9 heavy (non-hydrogen) atoms. The number of aliphatic hydroxyl groups is 1. The van der Waals surface area contributed by atoms with Gasteiger partial charge in [0.15, 0.2) is 0 Å². The normalized spacial score (nSPS) is 20.4. The highest BCUT2D eigenvalue weighted by molar-refractivity contribution is 4.81. The zero-order chi connectivity index (χ0) is 7.44. The van der Waals surface area contributed by atoms with Gasteiger partial charge in [0.2, 0.25) is 0 Å². The number of hydrogen-bond donors (Lipinski definition) is 1. The Hall–Kier alpha value is -0.300. The van der Waals surface area contributed by atoms with Gasteiger partial charge in [-0.15, -0.1) is 6.58 Å². The van der Waals surface area contributed by atoms with E-state index in [1.54, 1.807) is 0 Å². The van der Waals surface area contributed by atoms with Crippen molar-refractivity contribution in [3.8, 4) is 0 Å². The highest BCUT2D eigenvalue weighted by Gasteiger charge is 2.13. The molecule has 0 heterocycles. The van der Waals surface area contributed by atoms with Crippen LogP contribution in [0.5, 0.6) is 0 Å². The summed E-state index contributed by atoms with van der Waals surface area (Å²) in [5.41, 5.74) is 0.